The van der Waals surface area contributed by atoms with Gasteiger partial charge in [0.1, 0.15) is 5.75 Å². The molecule has 0 bridgehead atoms. The lowest BCUT2D eigenvalue weighted by Crippen LogP contribution is -2.39. The molecule has 0 saturated heterocycles. The van der Waals surface area contributed by atoms with Crippen molar-refractivity contribution in [2.24, 2.45) is 0 Å². The van der Waals surface area contributed by atoms with Crippen LogP contribution in [0.4, 0.5) is 4.79 Å². The number of hydrogen-bond acceptors (Lipinski definition) is 4. The summed E-state index contributed by atoms with van der Waals surface area (Å²) in [7, 11) is 0. The number of hydrogen-bond donors (Lipinski definition) is 2. The summed E-state index contributed by atoms with van der Waals surface area (Å²) >= 11 is 1.63. The van der Waals surface area contributed by atoms with Gasteiger partial charge in [-0.2, -0.15) is 11.8 Å². The van der Waals surface area contributed by atoms with Crippen LogP contribution in [0.15, 0.2) is 54.6 Å². The first-order valence-corrected chi connectivity index (χ1v) is 9.68. The fourth-order valence-corrected chi connectivity index (χ4v) is 2.94. The Balaban J connectivity index is 1.52. The number of benzene rings is 2. The molecular weight excluding hydrogens is 348 g/mol. The van der Waals surface area contributed by atoms with E-state index in [1.165, 1.54) is 0 Å². The molecule has 0 aliphatic heterocycles. The van der Waals surface area contributed by atoms with E-state index >= 15 is 0 Å². The van der Waals surface area contributed by atoms with Gasteiger partial charge >= 0.3 is 6.03 Å². The predicted octanol–water partition coefficient (Wildman–Crippen LogP) is 3.52. The molecule has 0 aliphatic carbocycles. The smallest absolute Gasteiger partial charge is 0.321 e. The van der Waals surface area contributed by atoms with E-state index in [0.29, 0.717) is 25.3 Å². The lowest BCUT2D eigenvalue weighted by Gasteiger charge is -2.09. The fraction of sp³-hybridized carbons (Fsp3) is 0.300. The van der Waals surface area contributed by atoms with E-state index in [0.717, 1.165) is 22.6 Å². The number of imide groups is 1. The summed E-state index contributed by atoms with van der Waals surface area (Å²) in [6, 6.07) is 17.0. The van der Waals surface area contributed by atoms with E-state index in [4.69, 9.17) is 4.74 Å². The highest BCUT2D eigenvalue weighted by Crippen LogP contribution is 2.16. The van der Waals surface area contributed by atoms with Gasteiger partial charge in [-0.25, -0.2) is 4.79 Å². The molecule has 2 aromatic carbocycles. The summed E-state index contributed by atoms with van der Waals surface area (Å²) in [5, 5.41) is 5.01. The topological polar surface area (TPSA) is 67.4 Å². The zero-order chi connectivity index (χ0) is 18.6. The van der Waals surface area contributed by atoms with Crippen molar-refractivity contribution in [1.29, 1.82) is 0 Å². The third-order valence-electron chi connectivity index (χ3n) is 3.60. The summed E-state index contributed by atoms with van der Waals surface area (Å²) in [6.45, 7) is 3.00. The van der Waals surface area contributed by atoms with Crippen molar-refractivity contribution in [2.75, 3.05) is 18.1 Å². The fourth-order valence-electron chi connectivity index (χ4n) is 2.21. The first-order valence-electron chi connectivity index (χ1n) is 8.53. The van der Waals surface area contributed by atoms with Gasteiger partial charge in [-0.05, 0) is 24.1 Å². The molecule has 0 spiro atoms. The Kier molecular flexibility index (Phi) is 8.55. The summed E-state index contributed by atoms with van der Waals surface area (Å²) in [6.07, 6.45) is 0.299. The van der Waals surface area contributed by atoms with Crippen molar-refractivity contribution in [3.8, 4) is 5.75 Å². The van der Waals surface area contributed by atoms with Crippen LogP contribution in [0.5, 0.6) is 5.75 Å². The third kappa shape index (κ3) is 7.61. The molecular formula is C20H24N2O3S. The summed E-state index contributed by atoms with van der Waals surface area (Å²) in [5.74, 6) is 2.06. The van der Waals surface area contributed by atoms with E-state index in [2.05, 4.69) is 10.6 Å². The molecule has 0 saturated carbocycles. The normalized spacial score (nSPS) is 10.2. The summed E-state index contributed by atoms with van der Waals surface area (Å²) in [4.78, 5) is 23.4. The van der Waals surface area contributed by atoms with Crippen LogP contribution in [0.3, 0.4) is 0 Å². The number of carbonyl (C=O) groups is 2. The molecule has 0 atom stereocenters. The molecule has 2 N–H and O–H groups in total. The number of aryl methyl sites for hydroxylation is 1. The van der Waals surface area contributed by atoms with Crippen molar-refractivity contribution < 1.29 is 14.3 Å². The van der Waals surface area contributed by atoms with Gasteiger partial charge in [0.15, 0.2) is 0 Å². The van der Waals surface area contributed by atoms with Crippen LogP contribution in [0, 0.1) is 6.92 Å². The molecule has 0 heterocycles. The van der Waals surface area contributed by atoms with Crippen molar-refractivity contribution in [2.45, 2.75) is 19.9 Å². The van der Waals surface area contributed by atoms with E-state index in [1.807, 2.05) is 61.5 Å². The number of rotatable bonds is 9. The number of amides is 3. The highest BCUT2D eigenvalue weighted by atomic mass is 32.2. The maximum atomic E-state index is 11.7. The lowest BCUT2D eigenvalue weighted by atomic mass is 10.2. The van der Waals surface area contributed by atoms with Gasteiger partial charge < -0.3 is 10.1 Å². The second kappa shape index (κ2) is 11.2. The molecule has 138 valence electrons. The highest BCUT2D eigenvalue weighted by molar-refractivity contribution is 7.99. The maximum absolute atomic E-state index is 11.7. The van der Waals surface area contributed by atoms with Gasteiger partial charge in [0.25, 0.3) is 0 Å². The average Bonchev–Trinajstić information content (AvgIpc) is 2.65. The van der Waals surface area contributed by atoms with Crippen molar-refractivity contribution in [3.63, 3.8) is 0 Å². The Bertz CT molecular complexity index is 707. The summed E-state index contributed by atoms with van der Waals surface area (Å²) < 4.78 is 5.70. The van der Waals surface area contributed by atoms with E-state index < -0.39 is 6.03 Å². The van der Waals surface area contributed by atoms with Crippen LogP contribution in [0.1, 0.15) is 17.5 Å². The van der Waals surface area contributed by atoms with Crippen LogP contribution in [-0.4, -0.2) is 30.1 Å². The zero-order valence-electron chi connectivity index (χ0n) is 14.9. The van der Waals surface area contributed by atoms with Crippen molar-refractivity contribution in [1.82, 2.24) is 10.6 Å². The minimum atomic E-state index is -0.466. The Morgan fingerprint density at radius 3 is 2.50 bits per heavy atom. The summed E-state index contributed by atoms with van der Waals surface area (Å²) in [5.41, 5.74) is 2.10. The van der Waals surface area contributed by atoms with E-state index in [1.54, 1.807) is 11.8 Å². The Labute approximate surface area is 158 Å². The van der Waals surface area contributed by atoms with Gasteiger partial charge in [0.05, 0.1) is 6.61 Å². The van der Waals surface area contributed by atoms with Crippen LogP contribution in [-0.2, 0) is 11.3 Å². The lowest BCUT2D eigenvalue weighted by molar-refractivity contribution is -0.119. The number of carbonyl (C=O) groups excluding carboxylic acids is 2. The molecule has 0 fully saturated rings. The Hall–Kier alpha value is -2.47. The predicted molar refractivity (Wildman–Crippen MR) is 105 cm³/mol. The average molecular weight is 372 g/mol. The van der Waals surface area contributed by atoms with Gasteiger partial charge in [0.2, 0.25) is 5.91 Å². The minimum absolute atomic E-state index is 0.275. The van der Waals surface area contributed by atoms with E-state index in [9.17, 15) is 9.59 Å². The SMILES string of the molecule is Cc1ccccc1OCCSCCC(=O)NC(=O)NCc1ccccc1. The Morgan fingerprint density at radius 1 is 1.00 bits per heavy atom. The van der Waals surface area contributed by atoms with Crippen LogP contribution in [0.25, 0.3) is 0 Å². The molecule has 2 aromatic rings. The number of nitrogens with one attached hydrogen (secondary N) is 2. The standard InChI is InChI=1S/C20H24N2O3S/c1-16-7-5-6-10-18(16)25-12-14-26-13-11-19(23)22-20(24)21-15-17-8-3-2-4-9-17/h2-10H,11-15H2,1H3,(H2,21,22,23,24). The molecule has 3 amide bonds. The first kappa shape index (κ1) is 19.8. The molecule has 2 rings (SSSR count). The largest absolute Gasteiger partial charge is 0.492 e. The molecule has 5 nitrogen and oxygen atoms in total. The Morgan fingerprint density at radius 2 is 1.73 bits per heavy atom. The van der Waals surface area contributed by atoms with Crippen LogP contribution >= 0.6 is 11.8 Å². The van der Waals surface area contributed by atoms with Gasteiger partial charge in [-0.15, -0.1) is 0 Å². The number of para-hydroxylation sites is 1. The van der Waals surface area contributed by atoms with Gasteiger partial charge in [-0.1, -0.05) is 48.5 Å². The highest BCUT2D eigenvalue weighted by Gasteiger charge is 2.07. The minimum Gasteiger partial charge on any atom is -0.492 e. The molecule has 26 heavy (non-hydrogen) atoms. The van der Waals surface area contributed by atoms with E-state index in [-0.39, 0.29) is 5.91 Å². The quantitative estimate of drug-likeness (QED) is 0.661. The zero-order valence-corrected chi connectivity index (χ0v) is 15.7. The number of thioether (sulfide) groups is 1. The first-order chi connectivity index (χ1) is 12.6. The van der Waals surface area contributed by atoms with Gasteiger partial charge in [-0.3, -0.25) is 10.1 Å². The van der Waals surface area contributed by atoms with Crippen LogP contribution in [0.2, 0.25) is 0 Å². The second-order valence-electron chi connectivity index (χ2n) is 5.69. The second-order valence-corrected chi connectivity index (χ2v) is 6.92. The number of urea groups is 1. The third-order valence-corrected chi connectivity index (χ3v) is 4.55. The molecule has 0 aliphatic rings. The number of ether oxygens (including phenoxy) is 1. The maximum Gasteiger partial charge on any atom is 0.321 e. The molecule has 0 unspecified atom stereocenters. The van der Waals surface area contributed by atoms with Gasteiger partial charge in [0, 0.05) is 24.5 Å². The monoisotopic (exact) mass is 372 g/mol. The van der Waals surface area contributed by atoms with Crippen molar-refractivity contribution in [3.05, 3.63) is 65.7 Å². The van der Waals surface area contributed by atoms with Crippen LogP contribution < -0.4 is 15.4 Å². The molecule has 6 heteroatoms. The molecule has 0 aromatic heterocycles. The molecule has 0 radical (unpaired) electrons. The van der Waals surface area contributed by atoms with Crippen molar-refractivity contribution >= 4 is 23.7 Å².